The first-order valence-corrected chi connectivity index (χ1v) is 10.3. The molecule has 1 fully saturated rings. The number of carbonyl (C=O) groups is 2. The molecule has 1 saturated heterocycles. The maximum absolute atomic E-state index is 12.4. The fraction of sp³-hybridized carbons (Fsp3) is 0.429. The van der Waals surface area contributed by atoms with Crippen molar-refractivity contribution in [2.75, 3.05) is 19.7 Å². The second-order valence-electron chi connectivity index (χ2n) is 7.18. The Balaban J connectivity index is 1.43. The first-order chi connectivity index (χ1) is 13.0. The number of amides is 2. The molecule has 0 aliphatic carbocycles. The van der Waals surface area contributed by atoms with Gasteiger partial charge in [-0.2, -0.15) is 0 Å². The summed E-state index contributed by atoms with van der Waals surface area (Å²) in [6.07, 6.45) is 1.90. The van der Waals surface area contributed by atoms with E-state index in [-0.39, 0.29) is 17.9 Å². The Morgan fingerprint density at radius 3 is 2.48 bits per heavy atom. The number of nitrogens with zero attached hydrogens (tertiary/aromatic N) is 1. The number of hydrogen-bond acceptors (Lipinski definition) is 4. The number of hydrogen-bond donors (Lipinski definition) is 1. The Morgan fingerprint density at radius 1 is 1.19 bits per heavy atom. The minimum absolute atomic E-state index is 0.0701. The third-order valence-electron chi connectivity index (χ3n) is 4.66. The monoisotopic (exact) mass is 386 g/mol. The van der Waals surface area contributed by atoms with Crippen molar-refractivity contribution < 1.29 is 14.3 Å². The van der Waals surface area contributed by atoms with Crippen molar-refractivity contribution in [2.45, 2.75) is 32.7 Å². The fourth-order valence-corrected chi connectivity index (χ4v) is 3.81. The minimum atomic E-state index is -0.0701. The van der Waals surface area contributed by atoms with E-state index in [1.54, 1.807) is 12.1 Å². The minimum Gasteiger partial charge on any atom is -0.493 e. The van der Waals surface area contributed by atoms with Gasteiger partial charge in [-0.1, -0.05) is 6.07 Å². The summed E-state index contributed by atoms with van der Waals surface area (Å²) in [5.41, 5.74) is 0.636. The van der Waals surface area contributed by atoms with E-state index in [2.05, 4.69) is 5.32 Å². The molecule has 0 radical (unpaired) electrons. The van der Waals surface area contributed by atoms with E-state index >= 15 is 0 Å². The van der Waals surface area contributed by atoms with Crippen LogP contribution in [0.1, 0.15) is 46.7 Å². The third kappa shape index (κ3) is 5.32. The lowest BCUT2D eigenvalue weighted by Gasteiger charge is -2.31. The average molecular weight is 387 g/mol. The Labute approximate surface area is 164 Å². The summed E-state index contributed by atoms with van der Waals surface area (Å²) in [6.45, 7) is 6.07. The Morgan fingerprint density at radius 2 is 1.89 bits per heavy atom. The largest absolute Gasteiger partial charge is 0.493 e. The van der Waals surface area contributed by atoms with Gasteiger partial charge in [-0.05, 0) is 68.3 Å². The number of benzene rings is 1. The first kappa shape index (κ1) is 19.4. The molecule has 144 valence electrons. The molecule has 3 rings (SSSR count). The molecule has 0 unspecified atom stereocenters. The molecule has 1 aromatic carbocycles. The maximum Gasteiger partial charge on any atom is 0.263 e. The van der Waals surface area contributed by atoms with E-state index in [1.807, 2.05) is 48.4 Å². The molecule has 0 atom stereocenters. The van der Waals surface area contributed by atoms with Gasteiger partial charge in [-0.25, -0.2) is 0 Å². The smallest absolute Gasteiger partial charge is 0.263 e. The summed E-state index contributed by atoms with van der Waals surface area (Å²) >= 11 is 1.49. The highest BCUT2D eigenvalue weighted by Gasteiger charge is 2.24. The molecular formula is C21H26N2O3S. The van der Waals surface area contributed by atoms with Crippen LogP contribution in [0.15, 0.2) is 41.8 Å². The summed E-state index contributed by atoms with van der Waals surface area (Å²) in [6, 6.07) is 11.2. The lowest BCUT2D eigenvalue weighted by atomic mass is 9.97. The highest BCUT2D eigenvalue weighted by molar-refractivity contribution is 7.12. The summed E-state index contributed by atoms with van der Waals surface area (Å²) in [7, 11) is 0. The van der Waals surface area contributed by atoms with Crippen LogP contribution in [0.4, 0.5) is 0 Å². The molecule has 1 aromatic heterocycles. The van der Waals surface area contributed by atoms with Gasteiger partial charge in [-0.3, -0.25) is 9.59 Å². The molecule has 5 nitrogen and oxygen atoms in total. The van der Waals surface area contributed by atoms with Crippen LogP contribution in [0.2, 0.25) is 0 Å². The van der Waals surface area contributed by atoms with E-state index in [0.29, 0.717) is 18.1 Å². The van der Waals surface area contributed by atoms with Gasteiger partial charge in [0.1, 0.15) is 5.75 Å². The normalized spacial score (nSPS) is 15.0. The van der Waals surface area contributed by atoms with Gasteiger partial charge in [0, 0.05) is 24.7 Å². The molecule has 0 spiro atoms. The van der Waals surface area contributed by atoms with Crippen LogP contribution in [0, 0.1) is 5.92 Å². The lowest BCUT2D eigenvalue weighted by Crippen LogP contribution is -2.39. The van der Waals surface area contributed by atoms with Crippen molar-refractivity contribution in [1.82, 2.24) is 10.2 Å². The van der Waals surface area contributed by atoms with E-state index in [9.17, 15) is 9.59 Å². The third-order valence-corrected chi connectivity index (χ3v) is 5.51. The van der Waals surface area contributed by atoms with Gasteiger partial charge in [0.05, 0.1) is 11.5 Å². The van der Waals surface area contributed by atoms with Crippen molar-refractivity contribution in [2.24, 2.45) is 5.92 Å². The molecule has 1 aliphatic rings. The second kappa shape index (κ2) is 9.04. The van der Waals surface area contributed by atoms with Crippen molar-refractivity contribution in [3.63, 3.8) is 0 Å². The number of rotatable bonds is 6. The molecule has 0 bridgehead atoms. The highest BCUT2D eigenvalue weighted by Crippen LogP contribution is 2.22. The van der Waals surface area contributed by atoms with Crippen LogP contribution in [-0.4, -0.2) is 42.5 Å². The van der Waals surface area contributed by atoms with Gasteiger partial charge in [-0.15, -0.1) is 11.3 Å². The van der Waals surface area contributed by atoms with Crippen molar-refractivity contribution >= 4 is 23.2 Å². The van der Waals surface area contributed by atoms with Crippen molar-refractivity contribution in [3.05, 3.63) is 52.2 Å². The molecule has 1 N–H and O–H groups in total. The maximum atomic E-state index is 12.4. The number of nitrogens with one attached hydrogen (secondary N) is 1. The number of thiophene rings is 1. The predicted molar refractivity (Wildman–Crippen MR) is 107 cm³/mol. The molecule has 2 heterocycles. The average Bonchev–Trinajstić information content (AvgIpc) is 3.21. The summed E-state index contributed by atoms with van der Waals surface area (Å²) < 4.78 is 5.90. The number of piperidine rings is 1. The predicted octanol–water partition coefficient (Wildman–Crippen LogP) is 3.82. The lowest BCUT2D eigenvalue weighted by molar-refractivity contribution is 0.0665. The Bertz CT molecular complexity index is 748. The number of likely N-dealkylation sites (tertiary alicyclic amines) is 1. The summed E-state index contributed by atoms with van der Waals surface area (Å²) in [4.78, 5) is 27.1. The van der Waals surface area contributed by atoms with Gasteiger partial charge in [0.25, 0.3) is 11.8 Å². The van der Waals surface area contributed by atoms with Crippen LogP contribution in [0.3, 0.4) is 0 Å². The first-order valence-electron chi connectivity index (χ1n) is 9.39. The highest BCUT2D eigenvalue weighted by atomic mass is 32.1. The van der Waals surface area contributed by atoms with Crippen LogP contribution < -0.4 is 10.1 Å². The second-order valence-corrected chi connectivity index (χ2v) is 8.12. The van der Waals surface area contributed by atoms with E-state index < -0.39 is 0 Å². The van der Waals surface area contributed by atoms with Gasteiger partial charge in [0.15, 0.2) is 0 Å². The van der Waals surface area contributed by atoms with E-state index in [0.717, 1.165) is 36.6 Å². The molecular weight excluding hydrogens is 360 g/mol. The van der Waals surface area contributed by atoms with Crippen LogP contribution >= 0.6 is 11.3 Å². The fourth-order valence-electron chi connectivity index (χ4n) is 3.12. The molecule has 1 aliphatic heterocycles. The van der Waals surface area contributed by atoms with Crippen LogP contribution in [-0.2, 0) is 0 Å². The van der Waals surface area contributed by atoms with Crippen LogP contribution in [0.25, 0.3) is 0 Å². The topological polar surface area (TPSA) is 58.6 Å². The van der Waals surface area contributed by atoms with E-state index in [1.165, 1.54) is 11.3 Å². The quantitative estimate of drug-likeness (QED) is 0.821. The Hall–Kier alpha value is -2.34. The van der Waals surface area contributed by atoms with Gasteiger partial charge in [0.2, 0.25) is 0 Å². The number of ether oxygens (including phenoxy) is 1. The van der Waals surface area contributed by atoms with Crippen LogP contribution in [0.5, 0.6) is 5.75 Å². The molecule has 2 aromatic rings. The summed E-state index contributed by atoms with van der Waals surface area (Å²) in [5, 5.41) is 4.81. The molecule has 27 heavy (non-hydrogen) atoms. The zero-order chi connectivity index (χ0) is 19.2. The van der Waals surface area contributed by atoms with Gasteiger partial charge < -0.3 is 15.0 Å². The standard InChI is InChI=1S/C21H26N2O3S/c1-15(2)22-20(24)17-5-7-18(8-6-17)26-14-16-9-11-23(12-10-16)21(25)19-4-3-13-27-19/h3-8,13,15-16H,9-12,14H2,1-2H3,(H,22,24). The number of carbonyl (C=O) groups excluding carboxylic acids is 2. The molecule has 0 saturated carbocycles. The zero-order valence-electron chi connectivity index (χ0n) is 15.8. The molecule has 2 amide bonds. The van der Waals surface area contributed by atoms with Gasteiger partial charge >= 0.3 is 0 Å². The van der Waals surface area contributed by atoms with E-state index in [4.69, 9.17) is 4.74 Å². The summed E-state index contributed by atoms with van der Waals surface area (Å²) in [5.74, 6) is 1.29. The zero-order valence-corrected chi connectivity index (χ0v) is 16.6. The Kier molecular flexibility index (Phi) is 6.50. The SMILES string of the molecule is CC(C)NC(=O)c1ccc(OCC2CCN(C(=O)c3cccs3)CC2)cc1. The molecule has 6 heteroatoms. The van der Waals surface area contributed by atoms with Crippen molar-refractivity contribution in [3.8, 4) is 5.75 Å². The van der Waals surface area contributed by atoms with Crippen molar-refractivity contribution in [1.29, 1.82) is 0 Å².